The molecule has 0 fully saturated rings. The van der Waals surface area contributed by atoms with E-state index in [9.17, 15) is 4.79 Å². The minimum absolute atomic E-state index is 0.346. The number of hydrogen-bond acceptors (Lipinski definition) is 5. The van der Waals surface area contributed by atoms with Crippen LogP contribution in [0.5, 0.6) is 5.75 Å². The number of aryl methyl sites for hydroxylation is 1. The Labute approximate surface area is 129 Å². The molecule has 2 rings (SSSR count). The molecule has 0 spiro atoms. The number of rotatable bonds is 4. The van der Waals surface area contributed by atoms with Gasteiger partial charge in [-0.3, -0.25) is 0 Å². The Hall–Kier alpha value is -1.40. The second kappa shape index (κ2) is 6.37. The van der Waals surface area contributed by atoms with Gasteiger partial charge in [0, 0.05) is 10.4 Å². The molecule has 1 heterocycles. The van der Waals surface area contributed by atoms with E-state index in [1.54, 1.807) is 14.0 Å². The van der Waals surface area contributed by atoms with E-state index in [2.05, 4.69) is 20.9 Å². The van der Waals surface area contributed by atoms with E-state index in [1.807, 2.05) is 25.1 Å². The summed E-state index contributed by atoms with van der Waals surface area (Å²) < 4.78 is 11.0. The Morgan fingerprint density at radius 1 is 1.45 bits per heavy atom. The zero-order valence-corrected chi connectivity index (χ0v) is 13.8. The van der Waals surface area contributed by atoms with Crippen LogP contribution in [-0.2, 0) is 4.74 Å². The highest BCUT2D eigenvalue weighted by atomic mass is 79.9. The average molecular weight is 356 g/mol. The highest BCUT2D eigenvalue weighted by Gasteiger charge is 2.17. The van der Waals surface area contributed by atoms with Crippen molar-refractivity contribution in [3.63, 3.8) is 0 Å². The topological polar surface area (TPSA) is 48.4 Å². The third kappa shape index (κ3) is 3.02. The summed E-state index contributed by atoms with van der Waals surface area (Å²) >= 11 is 4.91. The van der Waals surface area contributed by atoms with Gasteiger partial charge < -0.3 is 9.47 Å². The smallest absolute Gasteiger partial charge is 0.358 e. The highest BCUT2D eigenvalue weighted by Crippen LogP contribution is 2.33. The van der Waals surface area contributed by atoms with E-state index >= 15 is 0 Å². The third-order valence-corrected chi connectivity index (χ3v) is 4.30. The molecule has 0 saturated carbocycles. The van der Waals surface area contributed by atoms with Crippen molar-refractivity contribution in [2.45, 2.75) is 13.8 Å². The minimum atomic E-state index is -0.375. The maximum atomic E-state index is 11.8. The number of aromatic nitrogens is 1. The van der Waals surface area contributed by atoms with Gasteiger partial charge in [-0.05, 0) is 48.0 Å². The summed E-state index contributed by atoms with van der Waals surface area (Å²) in [5, 5.41) is 0.786. The molecule has 0 aliphatic carbocycles. The molecule has 20 heavy (non-hydrogen) atoms. The molecule has 106 valence electrons. The van der Waals surface area contributed by atoms with Gasteiger partial charge in [-0.15, -0.1) is 11.3 Å². The Bertz CT molecular complexity index is 639. The molecule has 0 unspecified atom stereocenters. The zero-order valence-electron chi connectivity index (χ0n) is 11.4. The van der Waals surface area contributed by atoms with Crippen LogP contribution in [0.15, 0.2) is 22.7 Å². The number of nitrogens with zero attached hydrogens (tertiary/aromatic N) is 1. The van der Waals surface area contributed by atoms with E-state index in [0.717, 1.165) is 25.7 Å². The first-order valence-electron chi connectivity index (χ1n) is 6.05. The standard InChI is InChI=1S/C14H14BrNO3S/c1-4-19-14(17)12-8(2)20-13(16-12)9-5-6-11(18-3)10(15)7-9/h5-7H,4H2,1-3H3. The summed E-state index contributed by atoms with van der Waals surface area (Å²) in [4.78, 5) is 17.0. The molecule has 0 atom stereocenters. The van der Waals surface area contributed by atoms with Crippen LogP contribution < -0.4 is 4.74 Å². The van der Waals surface area contributed by atoms with Gasteiger partial charge in [-0.2, -0.15) is 0 Å². The van der Waals surface area contributed by atoms with Gasteiger partial charge >= 0.3 is 5.97 Å². The quantitative estimate of drug-likeness (QED) is 0.775. The zero-order chi connectivity index (χ0) is 14.7. The van der Waals surface area contributed by atoms with Crippen LogP contribution in [0.4, 0.5) is 0 Å². The Kier molecular flexibility index (Phi) is 4.77. The fraction of sp³-hybridized carbons (Fsp3) is 0.286. The maximum Gasteiger partial charge on any atom is 0.358 e. The van der Waals surface area contributed by atoms with Crippen LogP contribution in [0.3, 0.4) is 0 Å². The molecule has 2 aromatic rings. The SMILES string of the molecule is CCOC(=O)c1nc(-c2ccc(OC)c(Br)c2)sc1C. The highest BCUT2D eigenvalue weighted by molar-refractivity contribution is 9.10. The molecule has 6 heteroatoms. The van der Waals surface area contributed by atoms with Crippen molar-refractivity contribution in [1.82, 2.24) is 4.98 Å². The van der Waals surface area contributed by atoms with Crippen LogP contribution >= 0.6 is 27.3 Å². The number of carbonyl (C=O) groups excluding carboxylic acids is 1. The normalized spacial score (nSPS) is 10.4. The lowest BCUT2D eigenvalue weighted by atomic mass is 10.2. The van der Waals surface area contributed by atoms with Gasteiger partial charge in [0.05, 0.1) is 18.2 Å². The summed E-state index contributed by atoms with van der Waals surface area (Å²) in [7, 11) is 1.62. The number of halogens is 1. The number of hydrogen-bond donors (Lipinski definition) is 0. The third-order valence-electron chi connectivity index (χ3n) is 2.66. The Balaban J connectivity index is 2.37. The van der Waals surface area contributed by atoms with Gasteiger partial charge in [-0.25, -0.2) is 9.78 Å². The molecule has 0 bridgehead atoms. The summed E-state index contributed by atoms with van der Waals surface area (Å²) in [6, 6.07) is 5.70. The number of benzene rings is 1. The largest absolute Gasteiger partial charge is 0.496 e. The Morgan fingerprint density at radius 3 is 2.80 bits per heavy atom. The summed E-state index contributed by atoms with van der Waals surface area (Å²) in [6.45, 7) is 3.99. The van der Waals surface area contributed by atoms with Gasteiger partial charge in [0.25, 0.3) is 0 Å². The second-order valence-corrected chi connectivity index (χ2v) is 6.05. The van der Waals surface area contributed by atoms with E-state index in [1.165, 1.54) is 11.3 Å². The van der Waals surface area contributed by atoms with Crippen molar-refractivity contribution in [3.8, 4) is 16.3 Å². The fourth-order valence-electron chi connectivity index (χ4n) is 1.71. The number of methoxy groups -OCH3 is 1. The molecule has 0 amide bonds. The predicted octanol–water partition coefficient (Wildman–Crippen LogP) is 4.07. The first kappa shape index (κ1) is 15.0. The summed E-state index contributed by atoms with van der Waals surface area (Å²) in [5.74, 6) is 0.382. The van der Waals surface area contributed by atoms with E-state index < -0.39 is 0 Å². The molecular formula is C14H14BrNO3S. The van der Waals surface area contributed by atoms with Crippen LogP contribution in [0, 0.1) is 6.92 Å². The first-order valence-corrected chi connectivity index (χ1v) is 7.66. The van der Waals surface area contributed by atoms with Crippen LogP contribution in [0.1, 0.15) is 22.3 Å². The van der Waals surface area contributed by atoms with Crippen LogP contribution in [0.25, 0.3) is 10.6 Å². The molecular weight excluding hydrogens is 342 g/mol. The van der Waals surface area contributed by atoms with Gasteiger partial charge in [-0.1, -0.05) is 0 Å². The van der Waals surface area contributed by atoms with E-state index in [4.69, 9.17) is 9.47 Å². The van der Waals surface area contributed by atoms with Crippen LogP contribution in [-0.4, -0.2) is 24.7 Å². The lowest BCUT2D eigenvalue weighted by Gasteiger charge is -2.04. The average Bonchev–Trinajstić information content (AvgIpc) is 2.81. The van der Waals surface area contributed by atoms with Crippen molar-refractivity contribution in [2.24, 2.45) is 0 Å². The first-order chi connectivity index (χ1) is 9.56. The van der Waals surface area contributed by atoms with Crippen molar-refractivity contribution in [3.05, 3.63) is 33.2 Å². The van der Waals surface area contributed by atoms with Gasteiger partial charge in [0.2, 0.25) is 0 Å². The molecule has 0 N–H and O–H groups in total. The molecule has 1 aromatic heterocycles. The van der Waals surface area contributed by atoms with Gasteiger partial charge in [0.15, 0.2) is 5.69 Å². The van der Waals surface area contributed by atoms with Crippen molar-refractivity contribution in [2.75, 3.05) is 13.7 Å². The van der Waals surface area contributed by atoms with Crippen molar-refractivity contribution >= 4 is 33.2 Å². The number of carbonyl (C=O) groups is 1. The minimum Gasteiger partial charge on any atom is -0.496 e. The number of esters is 1. The monoisotopic (exact) mass is 355 g/mol. The second-order valence-electron chi connectivity index (χ2n) is 3.99. The number of thiazole rings is 1. The molecule has 0 radical (unpaired) electrons. The molecule has 0 saturated heterocycles. The predicted molar refractivity (Wildman–Crippen MR) is 82.5 cm³/mol. The lowest BCUT2D eigenvalue weighted by molar-refractivity contribution is 0.0519. The maximum absolute atomic E-state index is 11.8. The molecule has 4 nitrogen and oxygen atoms in total. The number of ether oxygens (including phenoxy) is 2. The summed E-state index contributed by atoms with van der Waals surface area (Å²) in [5.41, 5.74) is 1.32. The van der Waals surface area contributed by atoms with Crippen LogP contribution in [0.2, 0.25) is 0 Å². The summed E-state index contributed by atoms with van der Waals surface area (Å²) in [6.07, 6.45) is 0. The van der Waals surface area contributed by atoms with Crippen molar-refractivity contribution < 1.29 is 14.3 Å². The van der Waals surface area contributed by atoms with E-state index in [0.29, 0.717) is 12.3 Å². The lowest BCUT2D eigenvalue weighted by Crippen LogP contribution is -2.06. The van der Waals surface area contributed by atoms with E-state index in [-0.39, 0.29) is 5.97 Å². The van der Waals surface area contributed by atoms with Gasteiger partial charge in [0.1, 0.15) is 10.8 Å². The van der Waals surface area contributed by atoms with Crippen molar-refractivity contribution in [1.29, 1.82) is 0 Å². The molecule has 1 aromatic carbocycles. The molecule has 0 aliphatic rings. The molecule has 0 aliphatic heterocycles. The Morgan fingerprint density at radius 2 is 2.20 bits per heavy atom. The fourth-order valence-corrected chi connectivity index (χ4v) is 3.15.